The predicted octanol–water partition coefficient (Wildman–Crippen LogP) is 2.60. The van der Waals surface area contributed by atoms with Gasteiger partial charge in [0.1, 0.15) is 29.8 Å². The number of aliphatic hydroxyl groups excluding tert-OH is 1. The number of alkyl halides is 5. The van der Waals surface area contributed by atoms with Crippen LogP contribution >= 0.6 is 0 Å². The van der Waals surface area contributed by atoms with Gasteiger partial charge in [-0.15, -0.1) is 0 Å². The lowest BCUT2D eigenvalue weighted by atomic mass is 9.91. The molecule has 1 aromatic heterocycles. The van der Waals surface area contributed by atoms with Crippen LogP contribution < -0.4 is 15.2 Å². The number of nitrogens with two attached hydrogens (primary N) is 1. The van der Waals surface area contributed by atoms with E-state index in [4.69, 9.17) is 9.88 Å². The SMILES string of the molecule is NS(=O)(=O)c1ccc(Nc2ncc(C(F)(F)F)c(OC3CC(F)C(F)CC3O)n2)c(F)c1. The molecule has 1 aromatic carbocycles. The second-order valence-electron chi connectivity index (χ2n) is 6.95. The van der Waals surface area contributed by atoms with E-state index in [0.29, 0.717) is 12.3 Å². The normalized spacial score (nSPS) is 24.2. The molecular formula is C17H16F6N4O4S. The van der Waals surface area contributed by atoms with Gasteiger partial charge in [-0.3, -0.25) is 0 Å². The number of halogens is 6. The number of nitrogens with one attached hydrogen (secondary N) is 1. The minimum atomic E-state index is -4.99. The van der Waals surface area contributed by atoms with Crippen LogP contribution in [-0.2, 0) is 16.2 Å². The fourth-order valence-electron chi connectivity index (χ4n) is 2.93. The van der Waals surface area contributed by atoms with Gasteiger partial charge in [-0.25, -0.2) is 31.7 Å². The molecule has 1 aliphatic carbocycles. The first-order valence-electron chi connectivity index (χ1n) is 8.92. The van der Waals surface area contributed by atoms with Crippen molar-refractivity contribution in [1.29, 1.82) is 0 Å². The molecule has 8 nitrogen and oxygen atoms in total. The molecule has 0 bridgehead atoms. The summed E-state index contributed by atoms with van der Waals surface area (Å²) in [6.45, 7) is 0. The number of hydrogen-bond acceptors (Lipinski definition) is 7. The van der Waals surface area contributed by atoms with Crippen molar-refractivity contribution in [2.24, 2.45) is 5.14 Å². The Hall–Kier alpha value is -2.65. The molecule has 4 unspecified atom stereocenters. The molecule has 1 fully saturated rings. The molecule has 4 atom stereocenters. The molecule has 0 spiro atoms. The summed E-state index contributed by atoms with van der Waals surface area (Å²) in [4.78, 5) is 6.40. The zero-order valence-corrected chi connectivity index (χ0v) is 16.7. The number of ether oxygens (including phenoxy) is 1. The van der Waals surface area contributed by atoms with Crippen molar-refractivity contribution in [2.75, 3.05) is 5.32 Å². The van der Waals surface area contributed by atoms with Crippen LogP contribution in [0.2, 0.25) is 0 Å². The highest BCUT2D eigenvalue weighted by molar-refractivity contribution is 7.89. The Morgan fingerprint density at radius 1 is 1.19 bits per heavy atom. The molecule has 0 aliphatic heterocycles. The van der Waals surface area contributed by atoms with Gasteiger partial charge < -0.3 is 15.2 Å². The van der Waals surface area contributed by atoms with Gasteiger partial charge in [-0.05, 0) is 18.2 Å². The summed E-state index contributed by atoms with van der Waals surface area (Å²) in [6.07, 6.45) is -13.2. The summed E-state index contributed by atoms with van der Waals surface area (Å²) >= 11 is 0. The minimum absolute atomic E-state index is 0.321. The van der Waals surface area contributed by atoms with Gasteiger partial charge in [0.2, 0.25) is 21.9 Å². The van der Waals surface area contributed by atoms with Crippen LogP contribution in [0.5, 0.6) is 5.88 Å². The van der Waals surface area contributed by atoms with E-state index < -0.39 is 87.4 Å². The summed E-state index contributed by atoms with van der Waals surface area (Å²) in [6, 6.07) is 2.46. The quantitative estimate of drug-likeness (QED) is 0.555. The van der Waals surface area contributed by atoms with E-state index >= 15 is 0 Å². The van der Waals surface area contributed by atoms with Crippen LogP contribution in [0.1, 0.15) is 18.4 Å². The molecule has 0 amide bonds. The van der Waals surface area contributed by atoms with Crippen molar-refractivity contribution in [1.82, 2.24) is 9.97 Å². The second kappa shape index (κ2) is 8.71. The Morgan fingerprint density at radius 2 is 1.84 bits per heavy atom. The van der Waals surface area contributed by atoms with Gasteiger partial charge in [0, 0.05) is 19.0 Å². The molecule has 176 valence electrons. The van der Waals surface area contributed by atoms with Gasteiger partial charge in [0.25, 0.3) is 0 Å². The van der Waals surface area contributed by atoms with E-state index in [1.54, 1.807) is 0 Å². The van der Waals surface area contributed by atoms with Crippen LogP contribution in [0.25, 0.3) is 0 Å². The van der Waals surface area contributed by atoms with Gasteiger partial charge >= 0.3 is 6.18 Å². The average Bonchev–Trinajstić information content (AvgIpc) is 2.66. The minimum Gasteiger partial charge on any atom is -0.471 e. The van der Waals surface area contributed by atoms with Crippen LogP contribution in [0, 0.1) is 5.82 Å². The zero-order valence-electron chi connectivity index (χ0n) is 15.9. The Labute approximate surface area is 177 Å². The fourth-order valence-corrected chi connectivity index (χ4v) is 3.46. The maximum atomic E-state index is 14.2. The smallest absolute Gasteiger partial charge is 0.423 e. The number of sulfonamides is 1. The van der Waals surface area contributed by atoms with Crippen molar-refractivity contribution in [3.05, 3.63) is 35.8 Å². The number of rotatable bonds is 5. The maximum absolute atomic E-state index is 14.2. The average molecular weight is 486 g/mol. The lowest BCUT2D eigenvalue weighted by Crippen LogP contribution is -2.44. The molecular weight excluding hydrogens is 470 g/mol. The summed E-state index contributed by atoms with van der Waals surface area (Å²) in [7, 11) is -4.20. The van der Waals surface area contributed by atoms with Crippen molar-refractivity contribution >= 4 is 21.7 Å². The number of aromatic nitrogens is 2. The number of hydrogen-bond donors (Lipinski definition) is 3. The zero-order chi connectivity index (χ0) is 23.8. The van der Waals surface area contributed by atoms with E-state index in [-0.39, 0.29) is 0 Å². The molecule has 2 aromatic rings. The molecule has 4 N–H and O–H groups in total. The highest BCUT2D eigenvalue weighted by Gasteiger charge is 2.41. The fraction of sp³-hybridized carbons (Fsp3) is 0.412. The van der Waals surface area contributed by atoms with E-state index in [9.17, 15) is 39.9 Å². The van der Waals surface area contributed by atoms with Crippen LogP contribution in [0.15, 0.2) is 29.3 Å². The van der Waals surface area contributed by atoms with Crippen LogP contribution in [0.4, 0.5) is 38.0 Å². The van der Waals surface area contributed by atoms with E-state index in [2.05, 4.69) is 15.3 Å². The summed E-state index contributed by atoms with van der Waals surface area (Å²) in [5.41, 5.74) is -1.86. The first-order valence-corrected chi connectivity index (χ1v) is 10.5. The van der Waals surface area contributed by atoms with Crippen molar-refractivity contribution in [3.63, 3.8) is 0 Å². The molecule has 1 aliphatic rings. The first kappa shape index (κ1) is 24.0. The topological polar surface area (TPSA) is 127 Å². The first-order chi connectivity index (χ1) is 14.8. The Kier molecular flexibility index (Phi) is 6.53. The molecule has 1 saturated carbocycles. The number of primary sulfonamides is 1. The predicted molar refractivity (Wildman–Crippen MR) is 97.5 cm³/mol. The molecule has 1 heterocycles. The third-order valence-corrected chi connectivity index (χ3v) is 5.49. The van der Waals surface area contributed by atoms with Gasteiger partial charge in [0.15, 0.2) is 0 Å². The van der Waals surface area contributed by atoms with Gasteiger partial charge in [-0.1, -0.05) is 0 Å². The highest BCUT2D eigenvalue weighted by atomic mass is 32.2. The van der Waals surface area contributed by atoms with Gasteiger partial charge in [0.05, 0.1) is 16.7 Å². The lowest BCUT2D eigenvalue weighted by molar-refractivity contribution is -0.141. The Balaban J connectivity index is 1.91. The van der Waals surface area contributed by atoms with E-state index in [1.807, 2.05) is 0 Å². The van der Waals surface area contributed by atoms with Gasteiger partial charge in [-0.2, -0.15) is 18.2 Å². The van der Waals surface area contributed by atoms with Crippen molar-refractivity contribution < 1.29 is 44.6 Å². The Bertz CT molecular complexity index is 1100. The van der Waals surface area contributed by atoms with Crippen LogP contribution in [0.3, 0.4) is 0 Å². The summed E-state index contributed by atoms with van der Waals surface area (Å²) in [5.74, 6) is -2.80. The van der Waals surface area contributed by atoms with Crippen LogP contribution in [-0.4, -0.2) is 48.0 Å². The third kappa shape index (κ3) is 5.39. The monoisotopic (exact) mass is 486 g/mol. The standard InChI is InChI=1S/C17H16F6N4O4S/c18-9-4-13(28)14(5-10(9)19)31-15-8(17(21,22)23)6-25-16(27-15)26-12-2-1-7(3-11(12)20)32(24,29)30/h1-3,6,9-10,13-14,28H,4-5H2,(H2,24,29,30)(H,25,26,27). The Morgan fingerprint density at radius 3 is 2.44 bits per heavy atom. The second-order valence-corrected chi connectivity index (χ2v) is 8.51. The number of anilines is 2. The van der Waals surface area contributed by atoms with Crippen molar-refractivity contribution in [3.8, 4) is 5.88 Å². The maximum Gasteiger partial charge on any atom is 0.423 e. The third-order valence-electron chi connectivity index (χ3n) is 4.58. The molecule has 0 radical (unpaired) electrons. The summed E-state index contributed by atoms with van der Waals surface area (Å²) in [5, 5.41) is 17.0. The largest absolute Gasteiger partial charge is 0.471 e. The van der Waals surface area contributed by atoms with E-state index in [1.165, 1.54) is 0 Å². The lowest BCUT2D eigenvalue weighted by Gasteiger charge is -2.32. The number of nitrogens with zero attached hydrogens (tertiary/aromatic N) is 2. The number of aliphatic hydroxyl groups is 1. The molecule has 3 rings (SSSR count). The molecule has 15 heteroatoms. The van der Waals surface area contributed by atoms with E-state index in [0.717, 1.165) is 12.1 Å². The molecule has 32 heavy (non-hydrogen) atoms. The summed E-state index contributed by atoms with van der Waals surface area (Å²) < 4.78 is 109. The highest BCUT2D eigenvalue weighted by Crippen LogP contribution is 2.37. The van der Waals surface area contributed by atoms with Crippen molar-refractivity contribution in [2.45, 2.75) is 48.5 Å². The number of benzene rings is 1. The molecule has 0 saturated heterocycles.